The molecule has 2 fully saturated rings. The van der Waals surface area contributed by atoms with E-state index >= 15 is 0 Å². The number of esters is 1. The number of fused-ring (bicyclic) bond motifs is 1. The number of hydrogen-bond donors (Lipinski definition) is 1. The molecule has 0 bridgehead atoms. The normalized spacial score (nSPS) is 26.5. The predicted molar refractivity (Wildman–Crippen MR) is 90.0 cm³/mol. The van der Waals surface area contributed by atoms with Crippen molar-refractivity contribution in [1.29, 1.82) is 0 Å². The fraction of sp³-hybridized carbons (Fsp3) is 0.889. The number of nitrogens with zero attached hydrogens (tertiary/aromatic N) is 1. The third-order valence-corrected chi connectivity index (χ3v) is 5.26. The molecule has 132 valence electrons. The molecule has 1 saturated heterocycles. The molecule has 5 heteroatoms. The van der Waals surface area contributed by atoms with Crippen LogP contribution in [0.3, 0.4) is 0 Å². The first kappa shape index (κ1) is 18.2. The van der Waals surface area contributed by atoms with Crippen molar-refractivity contribution in [3.63, 3.8) is 0 Å². The van der Waals surface area contributed by atoms with Crippen molar-refractivity contribution in [3.05, 3.63) is 0 Å². The molecule has 2 rings (SSSR count). The van der Waals surface area contributed by atoms with Crippen LogP contribution in [-0.2, 0) is 14.3 Å². The average molecular weight is 324 g/mol. The summed E-state index contributed by atoms with van der Waals surface area (Å²) >= 11 is 0. The Morgan fingerprint density at radius 2 is 1.96 bits per heavy atom. The van der Waals surface area contributed by atoms with Gasteiger partial charge in [0, 0.05) is 12.6 Å². The van der Waals surface area contributed by atoms with Gasteiger partial charge in [0.15, 0.2) is 0 Å². The summed E-state index contributed by atoms with van der Waals surface area (Å²) in [6, 6.07) is -0.298. The molecule has 0 aromatic heterocycles. The molecular weight excluding hydrogens is 292 g/mol. The summed E-state index contributed by atoms with van der Waals surface area (Å²) in [5, 5.41) is 3.21. The lowest BCUT2D eigenvalue weighted by atomic mass is 9.85. The number of hydrogen-bond acceptors (Lipinski definition) is 4. The van der Waals surface area contributed by atoms with E-state index in [2.05, 4.69) is 10.2 Å². The molecule has 0 aromatic rings. The van der Waals surface area contributed by atoms with Crippen molar-refractivity contribution < 1.29 is 14.3 Å². The molecule has 1 saturated carbocycles. The lowest BCUT2D eigenvalue weighted by molar-refractivity contribution is -0.146. The van der Waals surface area contributed by atoms with Crippen LogP contribution in [0.2, 0.25) is 0 Å². The Balaban J connectivity index is 1.94. The number of rotatable bonds is 7. The Hall–Kier alpha value is -1.10. The third-order valence-electron chi connectivity index (χ3n) is 5.26. The van der Waals surface area contributed by atoms with Gasteiger partial charge >= 0.3 is 5.97 Å². The van der Waals surface area contributed by atoms with Gasteiger partial charge in [0.1, 0.15) is 6.04 Å². The molecule has 2 aliphatic rings. The van der Waals surface area contributed by atoms with E-state index in [4.69, 9.17) is 4.74 Å². The van der Waals surface area contributed by atoms with Gasteiger partial charge < -0.3 is 9.64 Å². The van der Waals surface area contributed by atoms with Crippen LogP contribution in [-0.4, -0.2) is 48.1 Å². The molecule has 0 aromatic carbocycles. The van der Waals surface area contributed by atoms with E-state index in [9.17, 15) is 9.59 Å². The molecule has 0 spiro atoms. The zero-order valence-corrected chi connectivity index (χ0v) is 14.8. The van der Waals surface area contributed by atoms with Crippen LogP contribution in [0.5, 0.6) is 0 Å². The summed E-state index contributed by atoms with van der Waals surface area (Å²) < 4.78 is 5.12. The third kappa shape index (κ3) is 4.46. The van der Waals surface area contributed by atoms with Crippen molar-refractivity contribution in [1.82, 2.24) is 10.2 Å². The number of ether oxygens (including phenoxy) is 1. The van der Waals surface area contributed by atoms with Crippen molar-refractivity contribution >= 4 is 11.9 Å². The zero-order chi connectivity index (χ0) is 16.8. The van der Waals surface area contributed by atoms with Gasteiger partial charge in [-0.25, -0.2) is 0 Å². The second-order valence-electron chi connectivity index (χ2n) is 6.91. The predicted octanol–water partition coefficient (Wildman–Crippen LogP) is 2.49. The topological polar surface area (TPSA) is 58.6 Å². The van der Waals surface area contributed by atoms with Crippen molar-refractivity contribution in [2.75, 3.05) is 13.2 Å². The molecule has 4 atom stereocenters. The lowest BCUT2D eigenvalue weighted by Crippen LogP contribution is -2.52. The first-order valence-corrected chi connectivity index (χ1v) is 9.31. The van der Waals surface area contributed by atoms with E-state index in [1.807, 2.05) is 20.8 Å². The summed E-state index contributed by atoms with van der Waals surface area (Å²) in [6.07, 6.45) is 7.65. The minimum Gasteiger partial charge on any atom is -0.465 e. The van der Waals surface area contributed by atoms with Gasteiger partial charge in [0.05, 0.1) is 12.6 Å². The molecule has 1 amide bonds. The molecule has 1 aliphatic heterocycles. The molecular formula is C18H32N2O3. The molecule has 5 nitrogen and oxygen atoms in total. The van der Waals surface area contributed by atoms with Crippen molar-refractivity contribution in [3.8, 4) is 0 Å². The molecule has 1 aliphatic carbocycles. The van der Waals surface area contributed by atoms with E-state index < -0.39 is 0 Å². The largest absolute Gasteiger partial charge is 0.465 e. The second kappa shape index (κ2) is 8.67. The van der Waals surface area contributed by atoms with Crippen LogP contribution >= 0.6 is 0 Å². The van der Waals surface area contributed by atoms with Crippen LogP contribution in [0, 0.1) is 5.92 Å². The van der Waals surface area contributed by atoms with Crippen molar-refractivity contribution in [2.24, 2.45) is 5.92 Å². The Morgan fingerprint density at radius 1 is 1.22 bits per heavy atom. The minimum absolute atomic E-state index is 0.143. The van der Waals surface area contributed by atoms with Gasteiger partial charge in [-0.1, -0.05) is 26.2 Å². The number of carbonyl (C=O) groups is 2. The molecule has 23 heavy (non-hydrogen) atoms. The number of carbonyl (C=O) groups excluding carboxylic acids is 2. The SMILES string of the molecule is CCC[C@H](N[C@@H](C)C(=O)N1CC[C@@H]2CCCC[C@@H]21)C(=O)OCC. The quantitative estimate of drug-likeness (QED) is 0.731. The molecule has 1 N–H and O–H groups in total. The number of amides is 1. The van der Waals surface area contributed by atoms with Gasteiger partial charge in [-0.05, 0) is 45.4 Å². The maximum atomic E-state index is 12.8. The van der Waals surface area contributed by atoms with Gasteiger partial charge in [0.2, 0.25) is 5.91 Å². The minimum atomic E-state index is -0.386. The maximum Gasteiger partial charge on any atom is 0.323 e. The van der Waals surface area contributed by atoms with Crippen molar-refractivity contribution in [2.45, 2.75) is 83.8 Å². The van der Waals surface area contributed by atoms with E-state index in [0.29, 0.717) is 25.0 Å². The summed E-state index contributed by atoms with van der Waals surface area (Å²) in [4.78, 5) is 26.9. The van der Waals surface area contributed by atoms with Crippen LogP contribution in [0.1, 0.15) is 65.7 Å². The maximum absolute atomic E-state index is 12.8. The molecule has 0 radical (unpaired) electrons. The molecule has 1 heterocycles. The Bertz CT molecular complexity index is 413. The fourth-order valence-electron chi connectivity index (χ4n) is 4.10. The van der Waals surface area contributed by atoms with E-state index in [1.54, 1.807) is 0 Å². The number of likely N-dealkylation sites (tertiary alicyclic amines) is 1. The van der Waals surface area contributed by atoms with Crippen LogP contribution in [0.4, 0.5) is 0 Å². The highest BCUT2D eigenvalue weighted by molar-refractivity contribution is 5.83. The van der Waals surface area contributed by atoms with E-state index in [1.165, 1.54) is 19.3 Å². The monoisotopic (exact) mass is 324 g/mol. The van der Waals surface area contributed by atoms with E-state index in [0.717, 1.165) is 25.8 Å². The van der Waals surface area contributed by atoms with Gasteiger partial charge in [0.25, 0.3) is 0 Å². The zero-order valence-electron chi connectivity index (χ0n) is 14.8. The second-order valence-corrected chi connectivity index (χ2v) is 6.91. The highest BCUT2D eigenvalue weighted by Crippen LogP contribution is 2.36. The van der Waals surface area contributed by atoms with Gasteiger partial charge in [-0.15, -0.1) is 0 Å². The number of nitrogens with one attached hydrogen (secondary N) is 1. The summed E-state index contributed by atoms with van der Waals surface area (Å²) in [7, 11) is 0. The van der Waals surface area contributed by atoms with E-state index in [-0.39, 0.29) is 24.0 Å². The smallest absolute Gasteiger partial charge is 0.323 e. The first-order chi connectivity index (χ1) is 11.1. The Morgan fingerprint density at radius 3 is 2.65 bits per heavy atom. The standard InChI is InChI=1S/C18H32N2O3/c1-4-8-15(18(22)23-5-2)19-13(3)17(21)20-12-11-14-9-6-7-10-16(14)20/h13-16,19H,4-12H2,1-3H3/t13-,14-,15-,16-/m0/s1. The highest BCUT2D eigenvalue weighted by Gasteiger charge is 2.39. The lowest BCUT2D eigenvalue weighted by Gasteiger charge is -2.34. The Kier molecular flexibility index (Phi) is 6.88. The average Bonchev–Trinajstić information content (AvgIpc) is 2.97. The summed E-state index contributed by atoms with van der Waals surface area (Å²) in [6.45, 7) is 6.97. The Labute approximate surface area is 140 Å². The first-order valence-electron chi connectivity index (χ1n) is 9.31. The van der Waals surface area contributed by atoms with Gasteiger partial charge in [-0.3, -0.25) is 14.9 Å². The summed E-state index contributed by atoms with van der Waals surface area (Å²) in [5.41, 5.74) is 0. The van der Waals surface area contributed by atoms with Gasteiger partial charge in [-0.2, -0.15) is 0 Å². The van der Waals surface area contributed by atoms with Crippen LogP contribution in [0.15, 0.2) is 0 Å². The van der Waals surface area contributed by atoms with Crippen LogP contribution in [0.25, 0.3) is 0 Å². The van der Waals surface area contributed by atoms with Crippen LogP contribution < -0.4 is 5.32 Å². The molecule has 0 unspecified atom stereocenters. The highest BCUT2D eigenvalue weighted by atomic mass is 16.5. The fourth-order valence-corrected chi connectivity index (χ4v) is 4.10. The summed E-state index contributed by atoms with van der Waals surface area (Å²) in [5.74, 6) is 0.590.